The van der Waals surface area contributed by atoms with Crippen molar-refractivity contribution >= 4 is 22.7 Å². The summed E-state index contributed by atoms with van der Waals surface area (Å²) in [4.78, 5) is 5.87. The summed E-state index contributed by atoms with van der Waals surface area (Å²) in [5.74, 6) is 0. The Morgan fingerprint density at radius 1 is 1.18 bits per heavy atom. The highest BCUT2D eigenvalue weighted by molar-refractivity contribution is 7.13. The van der Waals surface area contributed by atoms with Gasteiger partial charge in [-0.25, -0.2) is 4.98 Å². The van der Waals surface area contributed by atoms with Crippen LogP contribution in [0, 0.1) is 13.8 Å². The molecule has 0 aliphatic rings. The van der Waals surface area contributed by atoms with Crippen molar-refractivity contribution in [1.29, 1.82) is 0 Å². The standard InChI is InChI=1S/C13H13N3S/c1-8-10(14)5-6-12-15-13(9(2)16(8)12)11-4-3-7-17-11/h3-7H,14H2,1-2H3. The van der Waals surface area contributed by atoms with Crippen LogP contribution in [-0.4, -0.2) is 9.38 Å². The fourth-order valence-corrected chi connectivity index (χ4v) is 2.88. The van der Waals surface area contributed by atoms with Crippen molar-refractivity contribution < 1.29 is 0 Å². The molecule has 0 radical (unpaired) electrons. The van der Waals surface area contributed by atoms with Crippen LogP contribution >= 0.6 is 11.3 Å². The number of pyridine rings is 1. The van der Waals surface area contributed by atoms with Crippen LogP contribution in [-0.2, 0) is 0 Å². The number of hydrogen-bond acceptors (Lipinski definition) is 3. The second kappa shape index (κ2) is 3.60. The SMILES string of the molecule is Cc1c(N)ccc2nc(-c3cccs3)c(C)n12. The number of aromatic nitrogens is 2. The van der Waals surface area contributed by atoms with Gasteiger partial charge in [0.15, 0.2) is 0 Å². The second-order valence-electron chi connectivity index (χ2n) is 4.09. The van der Waals surface area contributed by atoms with Crippen LogP contribution in [0.3, 0.4) is 0 Å². The summed E-state index contributed by atoms with van der Waals surface area (Å²) in [7, 11) is 0. The zero-order valence-corrected chi connectivity index (χ0v) is 10.6. The Labute approximate surface area is 104 Å². The molecule has 3 heterocycles. The average molecular weight is 243 g/mol. The van der Waals surface area contributed by atoms with Gasteiger partial charge < -0.3 is 5.73 Å². The summed E-state index contributed by atoms with van der Waals surface area (Å²) in [6, 6.07) is 8.02. The fraction of sp³-hybridized carbons (Fsp3) is 0.154. The van der Waals surface area contributed by atoms with E-state index in [0.29, 0.717) is 0 Å². The van der Waals surface area contributed by atoms with Crippen molar-refractivity contribution in [1.82, 2.24) is 9.38 Å². The third-order valence-corrected chi connectivity index (χ3v) is 3.93. The van der Waals surface area contributed by atoms with E-state index in [2.05, 4.69) is 27.8 Å². The van der Waals surface area contributed by atoms with Crippen LogP contribution < -0.4 is 5.73 Å². The third-order valence-electron chi connectivity index (χ3n) is 3.05. The minimum Gasteiger partial charge on any atom is -0.397 e. The Morgan fingerprint density at radius 3 is 2.71 bits per heavy atom. The van der Waals surface area contributed by atoms with Gasteiger partial charge in [-0.15, -0.1) is 11.3 Å². The molecule has 0 saturated heterocycles. The summed E-state index contributed by atoms with van der Waals surface area (Å²) in [6.45, 7) is 4.11. The average Bonchev–Trinajstić information content (AvgIpc) is 2.91. The minimum absolute atomic E-state index is 0.802. The topological polar surface area (TPSA) is 43.3 Å². The molecule has 2 N–H and O–H groups in total. The van der Waals surface area contributed by atoms with E-state index in [-0.39, 0.29) is 0 Å². The third kappa shape index (κ3) is 1.45. The molecule has 0 aliphatic carbocycles. The highest BCUT2D eigenvalue weighted by Crippen LogP contribution is 2.29. The van der Waals surface area contributed by atoms with Crippen molar-refractivity contribution in [3.8, 4) is 10.6 Å². The summed E-state index contributed by atoms with van der Waals surface area (Å²) in [5.41, 5.74) is 10.9. The van der Waals surface area contributed by atoms with Crippen LogP contribution in [0.25, 0.3) is 16.2 Å². The summed E-state index contributed by atoms with van der Waals surface area (Å²) < 4.78 is 2.12. The van der Waals surface area contributed by atoms with Crippen LogP contribution in [0.2, 0.25) is 0 Å². The van der Waals surface area contributed by atoms with Crippen LogP contribution in [0.5, 0.6) is 0 Å². The van der Waals surface area contributed by atoms with Gasteiger partial charge in [0.2, 0.25) is 0 Å². The number of nitrogens with two attached hydrogens (primary N) is 1. The maximum absolute atomic E-state index is 5.94. The Kier molecular flexibility index (Phi) is 2.19. The van der Waals surface area contributed by atoms with Gasteiger partial charge in [-0.1, -0.05) is 6.07 Å². The molecule has 86 valence electrons. The molecule has 17 heavy (non-hydrogen) atoms. The maximum atomic E-state index is 5.94. The molecule has 3 nitrogen and oxygen atoms in total. The lowest BCUT2D eigenvalue weighted by atomic mass is 10.3. The second-order valence-corrected chi connectivity index (χ2v) is 5.04. The van der Waals surface area contributed by atoms with E-state index in [9.17, 15) is 0 Å². The van der Waals surface area contributed by atoms with E-state index in [0.717, 1.165) is 28.4 Å². The van der Waals surface area contributed by atoms with E-state index in [1.807, 2.05) is 25.1 Å². The smallest absolute Gasteiger partial charge is 0.138 e. The molecule has 4 heteroatoms. The van der Waals surface area contributed by atoms with Gasteiger partial charge in [0.1, 0.15) is 11.3 Å². The molecule has 0 fully saturated rings. The van der Waals surface area contributed by atoms with Crippen molar-refractivity contribution in [3.05, 3.63) is 41.0 Å². The molecule has 0 aliphatic heterocycles. The molecule has 3 aromatic rings. The Balaban J connectivity index is 2.37. The predicted molar refractivity (Wildman–Crippen MR) is 72.4 cm³/mol. The first-order valence-corrected chi connectivity index (χ1v) is 6.34. The highest BCUT2D eigenvalue weighted by atomic mass is 32.1. The highest BCUT2D eigenvalue weighted by Gasteiger charge is 2.13. The molecule has 0 saturated carbocycles. The van der Waals surface area contributed by atoms with Gasteiger partial charge in [0.05, 0.1) is 10.6 Å². The van der Waals surface area contributed by atoms with Crippen LogP contribution in [0.1, 0.15) is 11.4 Å². The number of nitrogens with zero attached hydrogens (tertiary/aromatic N) is 2. The van der Waals surface area contributed by atoms with Crippen molar-refractivity contribution in [2.45, 2.75) is 13.8 Å². The van der Waals surface area contributed by atoms with Gasteiger partial charge in [-0.3, -0.25) is 4.40 Å². The molecule has 0 aromatic carbocycles. The lowest BCUT2D eigenvalue weighted by Gasteiger charge is -2.05. The minimum atomic E-state index is 0.802. The van der Waals surface area contributed by atoms with Crippen LogP contribution in [0.4, 0.5) is 5.69 Å². The number of thiophene rings is 1. The lowest BCUT2D eigenvalue weighted by Crippen LogP contribution is -1.98. The monoisotopic (exact) mass is 243 g/mol. The number of fused-ring (bicyclic) bond motifs is 1. The zero-order valence-electron chi connectivity index (χ0n) is 9.77. The van der Waals surface area contributed by atoms with Gasteiger partial charge in [0, 0.05) is 11.4 Å². The Bertz CT molecular complexity index is 680. The molecule has 3 rings (SSSR count). The number of aryl methyl sites for hydroxylation is 2. The summed E-state index contributed by atoms with van der Waals surface area (Å²) >= 11 is 1.71. The normalized spacial score (nSPS) is 11.2. The number of rotatable bonds is 1. The first-order valence-electron chi connectivity index (χ1n) is 5.46. The van der Waals surface area contributed by atoms with E-state index >= 15 is 0 Å². The van der Waals surface area contributed by atoms with E-state index in [1.54, 1.807) is 11.3 Å². The Hall–Kier alpha value is -1.81. The van der Waals surface area contributed by atoms with Crippen molar-refractivity contribution in [3.63, 3.8) is 0 Å². The van der Waals surface area contributed by atoms with E-state index in [1.165, 1.54) is 4.88 Å². The van der Waals surface area contributed by atoms with Gasteiger partial charge in [-0.05, 0) is 37.4 Å². The molecular weight excluding hydrogens is 230 g/mol. The molecule has 0 unspecified atom stereocenters. The molecule has 0 bridgehead atoms. The lowest BCUT2D eigenvalue weighted by molar-refractivity contribution is 1.05. The number of hydrogen-bond donors (Lipinski definition) is 1. The van der Waals surface area contributed by atoms with E-state index in [4.69, 9.17) is 5.73 Å². The fourth-order valence-electron chi connectivity index (χ4n) is 2.12. The van der Waals surface area contributed by atoms with Crippen molar-refractivity contribution in [2.24, 2.45) is 0 Å². The maximum Gasteiger partial charge on any atom is 0.138 e. The van der Waals surface area contributed by atoms with Crippen molar-refractivity contribution in [2.75, 3.05) is 5.73 Å². The van der Waals surface area contributed by atoms with Crippen LogP contribution in [0.15, 0.2) is 29.6 Å². The molecule has 0 spiro atoms. The molecule has 3 aromatic heterocycles. The molecular formula is C13H13N3S. The summed E-state index contributed by atoms with van der Waals surface area (Å²) in [5, 5.41) is 2.07. The summed E-state index contributed by atoms with van der Waals surface area (Å²) in [6.07, 6.45) is 0. The first kappa shape index (κ1) is 10.4. The molecule has 0 amide bonds. The van der Waals surface area contributed by atoms with E-state index < -0.39 is 0 Å². The zero-order chi connectivity index (χ0) is 12.0. The predicted octanol–water partition coefficient (Wildman–Crippen LogP) is 3.26. The number of imidazole rings is 1. The quantitative estimate of drug-likeness (QED) is 0.713. The van der Waals surface area contributed by atoms with Gasteiger partial charge >= 0.3 is 0 Å². The first-order chi connectivity index (χ1) is 8.18. The largest absolute Gasteiger partial charge is 0.397 e. The Morgan fingerprint density at radius 2 is 2.00 bits per heavy atom. The number of nitrogen functional groups attached to an aromatic ring is 1. The van der Waals surface area contributed by atoms with Gasteiger partial charge in [-0.2, -0.15) is 0 Å². The molecule has 0 atom stereocenters. The van der Waals surface area contributed by atoms with Gasteiger partial charge in [0.25, 0.3) is 0 Å². The number of anilines is 1.